The average Bonchev–Trinajstić information content (AvgIpc) is 2.96. The van der Waals surface area contributed by atoms with Crippen molar-refractivity contribution in [1.82, 2.24) is 10.2 Å². The van der Waals surface area contributed by atoms with E-state index in [1.165, 1.54) is 5.56 Å². The van der Waals surface area contributed by atoms with Crippen molar-refractivity contribution in [3.05, 3.63) is 35.9 Å². The first-order chi connectivity index (χ1) is 10.7. The highest BCUT2D eigenvalue weighted by atomic mass is 16.5. The van der Waals surface area contributed by atoms with E-state index in [4.69, 9.17) is 4.74 Å². The molecule has 0 aromatic heterocycles. The van der Waals surface area contributed by atoms with Crippen LogP contribution in [0, 0.1) is 11.3 Å². The molecule has 0 aliphatic carbocycles. The van der Waals surface area contributed by atoms with Crippen LogP contribution in [-0.4, -0.2) is 55.5 Å². The minimum atomic E-state index is -0.158. The molecule has 0 unspecified atom stereocenters. The van der Waals surface area contributed by atoms with Gasteiger partial charge in [0.1, 0.15) is 0 Å². The molecule has 2 heterocycles. The molecule has 1 aromatic rings. The van der Waals surface area contributed by atoms with E-state index in [0.717, 1.165) is 12.8 Å². The van der Waals surface area contributed by atoms with Crippen molar-refractivity contribution >= 4 is 6.03 Å². The number of rotatable bonds is 4. The number of nitrogens with one attached hydrogen (secondary N) is 1. The van der Waals surface area contributed by atoms with Crippen LogP contribution in [0.15, 0.2) is 30.3 Å². The topological polar surface area (TPSA) is 61.8 Å². The summed E-state index contributed by atoms with van der Waals surface area (Å²) in [6, 6.07) is 10.1. The van der Waals surface area contributed by atoms with Crippen molar-refractivity contribution < 1.29 is 14.6 Å². The maximum absolute atomic E-state index is 12.3. The third kappa shape index (κ3) is 3.10. The van der Waals surface area contributed by atoms with E-state index in [9.17, 15) is 9.90 Å². The number of carbonyl (C=O) groups excluding carboxylic acids is 1. The second-order valence-electron chi connectivity index (χ2n) is 6.39. The van der Waals surface area contributed by atoms with Gasteiger partial charge in [-0.2, -0.15) is 0 Å². The quantitative estimate of drug-likeness (QED) is 0.880. The SMILES string of the molecule is O=C(NCCc1ccccc1)N1C[C@@H]2COCC[C@]2(CO)C1. The highest BCUT2D eigenvalue weighted by Gasteiger charge is 2.49. The maximum atomic E-state index is 12.3. The molecule has 5 heteroatoms. The van der Waals surface area contributed by atoms with E-state index in [1.54, 1.807) is 0 Å². The number of benzene rings is 1. The van der Waals surface area contributed by atoms with E-state index in [1.807, 2.05) is 23.1 Å². The molecule has 2 aliphatic rings. The van der Waals surface area contributed by atoms with Gasteiger partial charge in [0.25, 0.3) is 0 Å². The molecule has 22 heavy (non-hydrogen) atoms. The van der Waals surface area contributed by atoms with E-state index in [0.29, 0.717) is 32.8 Å². The first-order valence-electron chi connectivity index (χ1n) is 7.99. The maximum Gasteiger partial charge on any atom is 0.317 e. The molecule has 1 aromatic carbocycles. The van der Waals surface area contributed by atoms with Gasteiger partial charge in [-0.25, -0.2) is 4.79 Å². The number of nitrogens with zero attached hydrogens (tertiary/aromatic N) is 1. The summed E-state index contributed by atoms with van der Waals surface area (Å²) in [6.45, 7) is 3.41. The summed E-state index contributed by atoms with van der Waals surface area (Å²) in [5.41, 5.74) is 1.06. The number of urea groups is 1. The zero-order chi connectivity index (χ0) is 15.4. The van der Waals surface area contributed by atoms with Crippen LogP contribution in [0.2, 0.25) is 0 Å². The molecule has 0 spiro atoms. The molecule has 5 nitrogen and oxygen atoms in total. The number of amides is 2. The van der Waals surface area contributed by atoms with Gasteiger partial charge >= 0.3 is 6.03 Å². The van der Waals surface area contributed by atoms with Gasteiger partial charge in [0.15, 0.2) is 0 Å². The predicted molar refractivity (Wildman–Crippen MR) is 83.6 cm³/mol. The Bertz CT molecular complexity index is 508. The van der Waals surface area contributed by atoms with Crippen LogP contribution in [0.25, 0.3) is 0 Å². The number of hydrogen-bond donors (Lipinski definition) is 2. The van der Waals surface area contributed by atoms with Gasteiger partial charge in [-0.3, -0.25) is 0 Å². The number of hydrogen-bond acceptors (Lipinski definition) is 3. The van der Waals surface area contributed by atoms with Crippen LogP contribution in [0.3, 0.4) is 0 Å². The Hall–Kier alpha value is -1.59. The number of ether oxygens (including phenoxy) is 1. The summed E-state index contributed by atoms with van der Waals surface area (Å²) in [4.78, 5) is 14.2. The van der Waals surface area contributed by atoms with Crippen LogP contribution in [0.1, 0.15) is 12.0 Å². The standard InChI is InChI=1S/C17H24N2O3/c20-13-17-7-9-22-11-15(17)10-19(12-17)16(21)18-8-6-14-4-2-1-3-5-14/h1-5,15,20H,6-13H2,(H,18,21)/t15-,17-/m1/s1. The van der Waals surface area contributed by atoms with Crippen molar-refractivity contribution in [3.63, 3.8) is 0 Å². The van der Waals surface area contributed by atoms with Crippen LogP contribution in [0.4, 0.5) is 4.79 Å². The van der Waals surface area contributed by atoms with Crippen molar-refractivity contribution in [2.45, 2.75) is 12.8 Å². The zero-order valence-electron chi connectivity index (χ0n) is 12.8. The van der Waals surface area contributed by atoms with Crippen molar-refractivity contribution in [2.75, 3.05) is 39.5 Å². The Balaban J connectivity index is 1.51. The van der Waals surface area contributed by atoms with Gasteiger partial charge in [-0.05, 0) is 18.4 Å². The van der Waals surface area contributed by atoms with Crippen LogP contribution >= 0.6 is 0 Å². The van der Waals surface area contributed by atoms with Gasteiger partial charge in [0, 0.05) is 37.6 Å². The third-order valence-electron chi connectivity index (χ3n) is 5.01. The molecule has 2 amide bonds. The highest BCUT2D eigenvalue weighted by molar-refractivity contribution is 5.74. The van der Waals surface area contributed by atoms with Crippen molar-refractivity contribution in [3.8, 4) is 0 Å². The molecular formula is C17H24N2O3. The van der Waals surface area contributed by atoms with E-state index in [2.05, 4.69) is 17.4 Å². The Kier molecular flexibility index (Phi) is 4.64. The fourth-order valence-electron chi connectivity index (χ4n) is 3.53. The normalized spacial score (nSPS) is 27.5. The molecule has 2 fully saturated rings. The van der Waals surface area contributed by atoms with Gasteiger partial charge in [-0.1, -0.05) is 30.3 Å². The van der Waals surface area contributed by atoms with E-state index >= 15 is 0 Å². The third-order valence-corrected chi connectivity index (χ3v) is 5.01. The first-order valence-corrected chi connectivity index (χ1v) is 7.99. The average molecular weight is 304 g/mol. The lowest BCUT2D eigenvalue weighted by molar-refractivity contribution is -0.0415. The summed E-state index contributed by atoms with van der Waals surface area (Å²) in [7, 11) is 0. The largest absolute Gasteiger partial charge is 0.396 e. The Morgan fingerprint density at radius 2 is 2.23 bits per heavy atom. The molecule has 0 bridgehead atoms. The number of aliphatic hydroxyl groups is 1. The fourth-order valence-corrected chi connectivity index (χ4v) is 3.53. The predicted octanol–water partition coefficient (Wildman–Crippen LogP) is 1.27. The lowest BCUT2D eigenvalue weighted by atomic mass is 9.75. The summed E-state index contributed by atoms with van der Waals surface area (Å²) in [6.07, 6.45) is 1.67. The van der Waals surface area contributed by atoms with Crippen LogP contribution in [-0.2, 0) is 11.2 Å². The van der Waals surface area contributed by atoms with E-state index < -0.39 is 0 Å². The van der Waals surface area contributed by atoms with Crippen molar-refractivity contribution in [1.29, 1.82) is 0 Å². The van der Waals surface area contributed by atoms with Gasteiger partial charge in [0.05, 0.1) is 13.2 Å². The summed E-state index contributed by atoms with van der Waals surface area (Å²) >= 11 is 0. The number of carbonyl (C=O) groups is 1. The van der Waals surface area contributed by atoms with Gasteiger partial charge in [-0.15, -0.1) is 0 Å². The van der Waals surface area contributed by atoms with Gasteiger partial charge < -0.3 is 20.1 Å². The molecule has 2 saturated heterocycles. The number of fused-ring (bicyclic) bond motifs is 1. The minimum absolute atomic E-state index is 0.0295. The molecule has 120 valence electrons. The molecular weight excluding hydrogens is 280 g/mol. The minimum Gasteiger partial charge on any atom is -0.396 e. The Morgan fingerprint density at radius 3 is 2.95 bits per heavy atom. The number of likely N-dealkylation sites (tertiary alicyclic amines) is 1. The molecule has 2 aliphatic heterocycles. The number of aliphatic hydroxyl groups excluding tert-OH is 1. The summed E-state index contributed by atoms with van der Waals surface area (Å²) in [5, 5.41) is 12.8. The van der Waals surface area contributed by atoms with Gasteiger partial charge in [0.2, 0.25) is 0 Å². The molecule has 2 atom stereocenters. The molecule has 2 N–H and O–H groups in total. The van der Waals surface area contributed by atoms with Crippen molar-refractivity contribution in [2.24, 2.45) is 11.3 Å². The van der Waals surface area contributed by atoms with E-state index in [-0.39, 0.29) is 24.0 Å². The smallest absolute Gasteiger partial charge is 0.317 e. The summed E-state index contributed by atoms with van der Waals surface area (Å²) in [5.74, 6) is 0.256. The fraction of sp³-hybridized carbons (Fsp3) is 0.588. The highest BCUT2D eigenvalue weighted by Crippen LogP contribution is 2.41. The molecule has 0 saturated carbocycles. The molecule has 0 radical (unpaired) electrons. The first kappa shape index (κ1) is 15.3. The Labute approximate surface area is 131 Å². The second-order valence-corrected chi connectivity index (χ2v) is 6.39. The monoisotopic (exact) mass is 304 g/mol. The van der Waals surface area contributed by atoms with Crippen LogP contribution < -0.4 is 5.32 Å². The lowest BCUT2D eigenvalue weighted by Gasteiger charge is -2.36. The van der Waals surface area contributed by atoms with Crippen LogP contribution in [0.5, 0.6) is 0 Å². The Morgan fingerprint density at radius 1 is 1.41 bits per heavy atom. The second kappa shape index (κ2) is 6.67. The molecule has 3 rings (SSSR count). The summed E-state index contributed by atoms with van der Waals surface area (Å²) < 4.78 is 5.51. The lowest BCUT2D eigenvalue weighted by Crippen LogP contribution is -2.43. The zero-order valence-corrected chi connectivity index (χ0v) is 12.8.